The number of para-hydroxylation sites is 1. The number of rotatable bonds is 3. The molecule has 0 aliphatic heterocycles. The van der Waals surface area contributed by atoms with Crippen molar-refractivity contribution in [3.8, 4) is 0 Å². The Bertz CT molecular complexity index is 614. The molecule has 6 heteroatoms. The molecule has 1 amide bonds. The van der Waals surface area contributed by atoms with E-state index in [2.05, 4.69) is 9.97 Å². The van der Waals surface area contributed by atoms with E-state index < -0.39 is 5.97 Å². The van der Waals surface area contributed by atoms with Crippen molar-refractivity contribution in [1.82, 2.24) is 9.97 Å². The predicted molar refractivity (Wildman–Crippen MR) is 68.2 cm³/mol. The highest BCUT2D eigenvalue weighted by atomic mass is 16.4. The third-order valence-corrected chi connectivity index (χ3v) is 2.61. The number of nitrogens with zero attached hydrogens (tertiary/aromatic N) is 3. The Labute approximate surface area is 109 Å². The van der Waals surface area contributed by atoms with Crippen molar-refractivity contribution in [1.29, 1.82) is 0 Å². The minimum Gasteiger partial charge on any atom is -0.478 e. The lowest BCUT2D eigenvalue weighted by molar-refractivity contribution is 0.0697. The van der Waals surface area contributed by atoms with Gasteiger partial charge >= 0.3 is 5.97 Å². The van der Waals surface area contributed by atoms with Gasteiger partial charge in [-0.25, -0.2) is 14.8 Å². The monoisotopic (exact) mass is 257 g/mol. The van der Waals surface area contributed by atoms with E-state index in [4.69, 9.17) is 5.11 Å². The summed E-state index contributed by atoms with van der Waals surface area (Å²) in [6.45, 7) is 0. The van der Waals surface area contributed by atoms with Crippen LogP contribution in [-0.4, -0.2) is 34.0 Å². The van der Waals surface area contributed by atoms with Crippen LogP contribution in [0, 0.1) is 0 Å². The number of carboxylic acids is 1. The summed E-state index contributed by atoms with van der Waals surface area (Å²) in [4.78, 5) is 32.1. The Morgan fingerprint density at radius 3 is 2.42 bits per heavy atom. The average molecular weight is 257 g/mol. The summed E-state index contributed by atoms with van der Waals surface area (Å²) in [5.74, 6) is -1.45. The maximum Gasteiger partial charge on any atom is 0.337 e. The molecule has 96 valence electrons. The standard InChI is InChI=1S/C13H11N3O3/c1-16(12(17)9-6-14-8-15-7-9)11-5-3-2-4-10(11)13(18)19/h2-8H,1H3,(H,18,19). The number of anilines is 1. The Hall–Kier alpha value is -2.76. The van der Waals surface area contributed by atoms with E-state index in [1.54, 1.807) is 18.2 Å². The Morgan fingerprint density at radius 1 is 1.16 bits per heavy atom. The molecule has 19 heavy (non-hydrogen) atoms. The molecule has 0 unspecified atom stereocenters. The van der Waals surface area contributed by atoms with Gasteiger partial charge in [-0.05, 0) is 12.1 Å². The van der Waals surface area contributed by atoms with E-state index in [0.717, 1.165) is 0 Å². The van der Waals surface area contributed by atoms with Crippen molar-refractivity contribution >= 4 is 17.6 Å². The predicted octanol–water partition coefficient (Wildman–Crippen LogP) is 1.45. The zero-order chi connectivity index (χ0) is 13.8. The number of benzene rings is 1. The van der Waals surface area contributed by atoms with Crippen LogP contribution >= 0.6 is 0 Å². The van der Waals surface area contributed by atoms with Crippen LogP contribution in [0.25, 0.3) is 0 Å². The molecule has 0 aliphatic carbocycles. The molecule has 0 aliphatic rings. The molecule has 0 radical (unpaired) electrons. The number of carbonyl (C=O) groups excluding carboxylic acids is 1. The van der Waals surface area contributed by atoms with E-state index in [0.29, 0.717) is 11.3 Å². The molecule has 0 atom stereocenters. The van der Waals surface area contributed by atoms with Crippen molar-refractivity contribution in [2.75, 3.05) is 11.9 Å². The van der Waals surface area contributed by atoms with Crippen LogP contribution in [0.4, 0.5) is 5.69 Å². The molecule has 2 rings (SSSR count). The van der Waals surface area contributed by atoms with E-state index >= 15 is 0 Å². The van der Waals surface area contributed by atoms with Gasteiger partial charge in [-0.3, -0.25) is 4.79 Å². The first-order chi connectivity index (χ1) is 9.11. The van der Waals surface area contributed by atoms with E-state index in [1.165, 1.54) is 36.7 Å². The Balaban J connectivity index is 2.38. The molecule has 1 aromatic heterocycles. The average Bonchev–Trinajstić information content (AvgIpc) is 2.46. The fraction of sp³-hybridized carbons (Fsp3) is 0.0769. The molecule has 1 heterocycles. The van der Waals surface area contributed by atoms with Crippen molar-refractivity contribution in [2.45, 2.75) is 0 Å². The summed E-state index contributed by atoms with van der Waals surface area (Å²) in [7, 11) is 1.51. The molecule has 0 spiro atoms. The van der Waals surface area contributed by atoms with Gasteiger partial charge in [0.25, 0.3) is 5.91 Å². The topological polar surface area (TPSA) is 83.4 Å². The third-order valence-electron chi connectivity index (χ3n) is 2.61. The van der Waals surface area contributed by atoms with Gasteiger partial charge in [0.1, 0.15) is 6.33 Å². The minimum absolute atomic E-state index is 0.0650. The maximum absolute atomic E-state index is 12.2. The summed E-state index contributed by atoms with van der Waals surface area (Å²) in [6, 6.07) is 6.30. The van der Waals surface area contributed by atoms with Crippen LogP contribution in [0.15, 0.2) is 43.0 Å². The van der Waals surface area contributed by atoms with Crippen molar-refractivity contribution in [3.05, 3.63) is 54.1 Å². The van der Waals surface area contributed by atoms with Gasteiger partial charge in [0, 0.05) is 19.4 Å². The normalized spacial score (nSPS) is 9.95. The van der Waals surface area contributed by atoms with Gasteiger partial charge in [0.2, 0.25) is 0 Å². The number of aromatic carboxylic acids is 1. The summed E-state index contributed by atoms with van der Waals surface area (Å²) < 4.78 is 0. The molecule has 2 aromatic rings. The van der Waals surface area contributed by atoms with E-state index in [-0.39, 0.29) is 11.5 Å². The zero-order valence-electron chi connectivity index (χ0n) is 10.1. The van der Waals surface area contributed by atoms with Gasteiger partial charge in [-0.2, -0.15) is 0 Å². The van der Waals surface area contributed by atoms with Crippen LogP contribution in [0.1, 0.15) is 20.7 Å². The fourth-order valence-electron chi connectivity index (χ4n) is 1.66. The van der Waals surface area contributed by atoms with Crippen LogP contribution in [0.5, 0.6) is 0 Å². The smallest absolute Gasteiger partial charge is 0.337 e. The minimum atomic E-state index is -1.08. The Morgan fingerprint density at radius 2 is 1.79 bits per heavy atom. The van der Waals surface area contributed by atoms with Crippen molar-refractivity contribution < 1.29 is 14.7 Å². The number of hydrogen-bond donors (Lipinski definition) is 1. The quantitative estimate of drug-likeness (QED) is 0.899. The molecular weight excluding hydrogens is 246 g/mol. The molecule has 1 aromatic carbocycles. The van der Waals surface area contributed by atoms with E-state index in [9.17, 15) is 9.59 Å². The largest absolute Gasteiger partial charge is 0.478 e. The van der Waals surface area contributed by atoms with Gasteiger partial charge in [0.15, 0.2) is 0 Å². The second kappa shape index (κ2) is 5.26. The summed E-state index contributed by atoms with van der Waals surface area (Å²) in [5, 5.41) is 9.10. The molecule has 0 saturated heterocycles. The second-order valence-corrected chi connectivity index (χ2v) is 3.81. The van der Waals surface area contributed by atoms with Crippen molar-refractivity contribution in [3.63, 3.8) is 0 Å². The Kier molecular flexibility index (Phi) is 3.51. The first-order valence-corrected chi connectivity index (χ1v) is 5.46. The number of carboxylic acid groups (broad SMARTS) is 1. The fourth-order valence-corrected chi connectivity index (χ4v) is 1.66. The number of hydrogen-bond acceptors (Lipinski definition) is 4. The number of amides is 1. The van der Waals surface area contributed by atoms with Crippen molar-refractivity contribution in [2.24, 2.45) is 0 Å². The lowest BCUT2D eigenvalue weighted by Gasteiger charge is -2.18. The van der Waals surface area contributed by atoms with Crippen LogP contribution in [0.3, 0.4) is 0 Å². The second-order valence-electron chi connectivity index (χ2n) is 3.81. The van der Waals surface area contributed by atoms with Gasteiger partial charge in [-0.1, -0.05) is 12.1 Å². The highest BCUT2D eigenvalue weighted by molar-refractivity contribution is 6.08. The van der Waals surface area contributed by atoms with E-state index in [1.807, 2.05) is 0 Å². The molecule has 0 bridgehead atoms. The molecule has 1 N–H and O–H groups in total. The molecule has 6 nitrogen and oxygen atoms in total. The lowest BCUT2D eigenvalue weighted by atomic mass is 10.1. The highest BCUT2D eigenvalue weighted by Crippen LogP contribution is 2.20. The third kappa shape index (κ3) is 2.57. The number of carbonyl (C=O) groups is 2. The zero-order valence-corrected chi connectivity index (χ0v) is 10.1. The highest BCUT2D eigenvalue weighted by Gasteiger charge is 2.19. The summed E-state index contributed by atoms with van der Waals surface area (Å²) >= 11 is 0. The van der Waals surface area contributed by atoms with Crippen LogP contribution in [-0.2, 0) is 0 Å². The number of aromatic nitrogens is 2. The van der Waals surface area contributed by atoms with Crippen LogP contribution in [0.2, 0.25) is 0 Å². The molecule has 0 saturated carbocycles. The summed E-state index contributed by atoms with van der Waals surface area (Å²) in [5.41, 5.74) is 0.684. The van der Waals surface area contributed by atoms with Gasteiger partial charge < -0.3 is 10.0 Å². The maximum atomic E-state index is 12.2. The first-order valence-electron chi connectivity index (χ1n) is 5.46. The van der Waals surface area contributed by atoms with Crippen LogP contribution < -0.4 is 4.90 Å². The van der Waals surface area contributed by atoms with Gasteiger partial charge in [-0.15, -0.1) is 0 Å². The molecular formula is C13H11N3O3. The lowest BCUT2D eigenvalue weighted by Crippen LogP contribution is -2.28. The summed E-state index contributed by atoms with van der Waals surface area (Å²) in [6.07, 6.45) is 4.09. The first kappa shape index (κ1) is 12.7. The SMILES string of the molecule is CN(C(=O)c1cncnc1)c1ccccc1C(=O)O. The molecule has 0 fully saturated rings. The van der Waals surface area contributed by atoms with Gasteiger partial charge in [0.05, 0.1) is 16.8 Å².